The summed E-state index contributed by atoms with van der Waals surface area (Å²) in [4.78, 5) is 0. The van der Waals surface area contributed by atoms with Crippen molar-refractivity contribution >= 4 is 11.4 Å². The normalized spacial score (nSPS) is 18.0. The fourth-order valence-electron chi connectivity index (χ4n) is 2.06. The van der Waals surface area contributed by atoms with Gasteiger partial charge in [0.2, 0.25) is 0 Å². The second kappa shape index (κ2) is 4.73. The van der Waals surface area contributed by atoms with Crippen molar-refractivity contribution in [2.24, 2.45) is 5.41 Å². The van der Waals surface area contributed by atoms with Gasteiger partial charge in [0, 0.05) is 17.8 Å². The number of hydrogen-bond acceptors (Lipinski definition) is 2. The van der Waals surface area contributed by atoms with Crippen LogP contribution in [0.25, 0.3) is 0 Å². The van der Waals surface area contributed by atoms with Gasteiger partial charge in [-0.2, -0.15) is 0 Å². The summed E-state index contributed by atoms with van der Waals surface area (Å²) in [6, 6.07) is 0. The Bertz CT molecular complexity index is 285. The van der Waals surface area contributed by atoms with Gasteiger partial charge in [-0.05, 0) is 43.6 Å². The lowest BCUT2D eigenvalue weighted by Gasteiger charge is -2.38. The van der Waals surface area contributed by atoms with Gasteiger partial charge < -0.3 is 10.8 Å². The quantitative estimate of drug-likeness (QED) is 0.618. The van der Waals surface area contributed by atoms with Gasteiger partial charge in [-0.15, -0.1) is 0 Å². The Morgan fingerprint density at radius 1 is 1.33 bits per heavy atom. The van der Waals surface area contributed by atoms with E-state index >= 15 is 0 Å². The molecule has 0 unspecified atom stereocenters. The zero-order valence-corrected chi connectivity index (χ0v) is 9.95. The highest BCUT2D eigenvalue weighted by molar-refractivity contribution is 6.01. The molecule has 2 nitrogen and oxygen atoms in total. The molecule has 0 atom stereocenters. The van der Waals surface area contributed by atoms with Crippen LogP contribution in [0.5, 0.6) is 0 Å². The van der Waals surface area contributed by atoms with Gasteiger partial charge in [0.1, 0.15) is 0 Å². The van der Waals surface area contributed by atoms with E-state index in [4.69, 9.17) is 10.8 Å². The van der Waals surface area contributed by atoms with Gasteiger partial charge in [0.05, 0.1) is 0 Å². The second-order valence-corrected chi connectivity index (χ2v) is 5.20. The van der Waals surface area contributed by atoms with Crippen LogP contribution >= 0.6 is 0 Å². The van der Waals surface area contributed by atoms with E-state index in [9.17, 15) is 0 Å². The highest BCUT2D eigenvalue weighted by atomic mass is 14.5. The Labute approximate surface area is 92.8 Å². The molecule has 1 aliphatic rings. The van der Waals surface area contributed by atoms with Crippen LogP contribution in [0.4, 0.5) is 0 Å². The van der Waals surface area contributed by atoms with Crippen molar-refractivity contribution in [2.75, 3.05) is 0 Å². The summed E-state index contributed by atoms with van der Waals surface area (Å²) in [5, 5.41) is 15.2. The first kappa shape index (κ1) is 12.2. The second-order valence-electron chi connectivity index (χ2n) is 5.20. The largest absolute Gasteiger partial charge is 0.310 e. The van der Waals surface area contributed by atoms with Crippen molar-refractivity contribution in [2.45, 2.75) is 52.4 Å². The minimum absolute atomic E-state index is 0.492. The standard InChI is InChI=1S/C13H22N2/c1-10(9-11(2)14)12(15)5-8-13(3)6-4-7-13/h14-15H,1,4-9H2,2-3H3. The van der Waals surface area contributed by atoms with Crippen LogP contribution in [0, 0.1) is 16.2 Å². The molecule has 0 amide bonds. The summed E-state index contributed by atoms with van der Waals surface area (Å²) >= 11 is 0. The van der Waals surface area contributed by atoms with Crippen molar-refractivity contribution in [1.82, 2.24) is 0 Å². The summed E-state index contributed by atoms with van der Waals surface area (Å²) < 4.78 is 0. The molecule has 1 saturated carbocycles. The zero-order valence-electron chi connectivity index (χ0n) is 9.95. The molecule has 0 aromatic carbocycles. The average Bonchev–Trinajstić information content (AvgIpc) is 2.10. The maximum Gasteiger partial charge on any atom is 0.0343 e. The molecular formula is C13H22N2. The minimum Gasteiger partial charge on any atom is -0.310 e. The molecule has 0 radical (unpaired) electrons. The molecule has 15 heavy (non-hydrogen) atoms. The molecule has 0 aliphatic heterocycles. The first-order valence-corrected chi connectivity index (χ1v) is 5.72. The molecule has 1 fully saturated rings. The summed E-state index contributed by atoms with van der Waals surface area (Å²) in [7, 11) is 0. The van der Waals surface area contributed by atoms with Crippen molar-refractivity contribution in [1.29, 1.82) is 10.8 Å². The fraction of sp³-hybridized carbons (Fsp3) is 0.692. The topological polar surface area (TPSA) is 47.7 Å². The number of rotatable bonds is 6. The number of hydrogen-bond donors (Lipinski definition) is 2. The molecule has 1 rings (SSSR count). The van der Waals surface area contributed by atoms with E-state index in [1.807, 2.05) is 0 Å². The predicted octanol–water partition coefficient (Wildman–Crippen LogP) is 3.96. The summed E-state index contributed by atoms with van der Waals surface area (Å²) in [5.74, 6) is 0. The first-order valence-electron chi connectivity index (χ1n) is 5.72. The Balaban J connectivity index is 2.29. The molecule has 1 aliphatic carbocycles. The third kappa shape index (κ3) is 3.61. The first-order chi connectivity index (χ1) is 6.93. The summed E-state index contributed by atoms with van der Waals surface area (Å²) in [5.41, 5.74) is 2.56. The van der Waals surface area contributed by atoms with Crippen molar-refractivity contribution in [3.8, 4) is 0 Å². The highest BCUT2D eigenvalue weighted by Crippen LogP contribution is 2.44. The lowest BCUT2D eigenvalue weighted by molar-refractivity contribution is 0.150. The van der Waals surface area contributed by atoms with Gasteiger partial charge in [0.25, 0.3) is 0 Å². The molecule has 84 valence electrons. The molecule has 0 bridgehead atoms. The van der Waals surface area contributed by atoms with E-state index < -0.39 is 0 Å². The number of nitrogens with one attached hydrogen (secondary N) is 2. The average molecular weight is 206 g/mol. The Morgan fingerprint density at radius 2 is 1.93 bits per heavy atom. The molecule has 0 spiro atoms. The van der Waals surface area contributed by atoms with Gasteiger partial charge in [0.15, 0.2) is 0 Å². The summed E-state index contributed by atoms with van der Waals surface area (Å²) in [6.45, 7) is 7.96. The van der Waals surface area contributed by atoms with Crippen molar-refractivity contribution in [3.63, 3.8) is 0 Å². The van der Waals surface area contributed by atoms with E-state index in [-0.39, 0.29) is 0 Å². The Hall–Kier alpha value is -0.920. The van der Waals surface area contributed by atoms with E-state index in [0.29, 0.717) is 23.3 Å². The smallest absolute Gasteiger partial charge is 0.0343 e. The predicted molar refractivity (Wildman–Crippen MR) is 66.1 cm³/mol. The van der Waals surface area contributed by atoms with Crippen molar-refractivity contribution < 1.29 is 0 Å². The lowest BCUT2D eigenvalue weighted by atomic mass is 9.67. The van der Waals surface area contributed by atoms with Crippen LogP contribution < -0.4 is 0 Å². The van der Waals surface area contributed by atoms with Crippen LogP contribution in [0.15, 0.2) is 12.2 Å². The van der Waals surface area contributed by atoms with Crippen LogP contribution in [0.1, 0.15) is 52.4 Å². The van der Waals surface area contributed by atoms with E-state index in [1.165, 1.54) is 19.3 Å². The van der Waals surface area contributed by atoms with Crippen LogP contribution in [0.3, 0.4) is 0 Å². The molecule has 0 aromatic rings. The van der Waals surface area contributed by atoms with Gasteiger partial charge in [-0.1, -0.05) is 19.9 Å². The number of allylic oxidation sites excluding steroid dienone is 1. The SMILES string of the molecule is C=C(CC(C)=N)C(=N)CCC1(C)CCC1. The van der Waals surface area contributed by atoms with Crippen LogP contribution in [0.2, 0.25) is 0 Å². The fourth-order valence-corrected chi connectivity index (χ4v) is 2.06. The maximum absolute atomic E-state index is 7.87. The van der Waals surface area contributed by atoms with E-state index in [1.54, 1.807) is 6.92 Å². The molecular weight excluding hydrogens is 184 g/mol. The third-order valence-corrected chi connectivity index (χ3v) is 3.44. The van der Waals surface area contributed by atoms with Crippen LogP contribution in [-0.4, -0.2) is 11.4 Å². The molecule has 0 heterocycles. The maximum atomic E-state index is 7.87. The van der Waals surface area contributed by atoms with Gasteiger partial charge in [-0.25, -0.2) is 0 Å². The molecule has 2 N–H and O–H groups in total. The summed E-state index contributed by atoms with van der Waals surface area (Å²) in [6.07, 6.45) is 6.50. The molecule has 0 saturated heterocycles. The Morgan fingerprint density at radius 3 is 2.33 bits per heavy atom. The van der Waals surface area contributed by atoms with E-state index in [2.05, 4.69) is 13.5 Å². The van der Waals surface area contributed by atoms with Gasteiger partial charge >= 0.3 is 0 Å². The van der Waals surface area contributed by atoms with E-state index in [0.717, 1.165) is 18.4 Å². The highest BCUT2D eigenvalue weighted by Gasteiger charge is 2.31. The Kier molecular flexibility index (Phi) is 3.83. The molecule has 2 heteroatoms. The zero-order chi connectivity index (χ0) is 11.5. The monoisotopic (exact) mass is 206 g/mol. The van der Waals surface area contributed by atoms with Gasteiger partial charge in [-0.3, -0.25) is 0 Å². The van der Waals surface area contributed by atoms with Crippen LogP contribution in [-0.2, 0) is 0 Å². The molecule has 0 aromatic heterocycles. The minimum atomic E-state index is 0.492. The lowest BCUT2D eigenvalue weighted by Crippen LogP contribution is -2.26. The van der Waals surface area contributed by atoms with Crippen molar-refractivity contribution in [3.05, 3.63) is 12.2 Å². The third-order valence-electron chi connectivity index (χ3n) is 3.44.